The van der Waals surface area contributed by atoms with E-state index in [2.05, 4.69) is 10.2 Å². The normalized spacial score (nSPS) is 13.0. The van der Waals surface area contributed by atoms with Gasteiger partial charge in [-0.2, -0.15) is 5.10 Å². The van der Waals surface area contributed by atoms with Gasteiger partial charge < -0.3 is 9.47 Å². The Morgan fingerprint density at radius 1 is 1.07 bits per heavy atom. The second-order valence-corrected chi connectivity index (χ2v) is 8.05. The van der Waals surface area contributed by atoms with Crippen molar-refractivity contribution in [2.75, 3.05) is 13.2 Å². The molecule has 1 aliphatic rings. The SMILES string of the molecule is S=c1[nH]nc(CSCc2ccc(Cl)cc2Cl)n1-c1ccc2c(c1)OCCO2. The number of halogens is 2. The minimum Gasteiger partial charge on any atom is -0.486 e. The highest BCUT2D eigenvalue weighted by Crippen LogP contribution is 2.33. The maximum absolute atomic E-state index is 6.24. The molecule has 5 nitrogen and oxygen atoms in total. The summed E-state index contributed by atoms with van der Waals surface area (Å²) in [6.45, 7) is 1.10. The largest absolute Gasteiger partial charge is 0.486 e. The lowest BCUT2D eigenvalue weighted by Crippen LogP contribution is -2.15. The van der Waals surface area contributed by atoms with Crippen molar-refractivity contribution in [1.29, 1.82) is 0 Å². The Bertz CT molecular complexity index is 1040. The molecule has 2 heterocycles. The van der Waals surface area contributed by atoms with Crippen LogP contribution in [-0.2, 0) is 11.5 Å². The second-order valence-electron chi connectivity index (χ2n) is 5.84. The zero-order valence-electron chi connectivity index (χ0n) is 14.1. The molecule has 0 atom stereocenters. The molecule has 9 heteroatoms. The molecule has 140 valence electrons. The molecule has 0 saturated carbocycles. The van der Waals surface area contributed by atoms with Gasteiger partial charge >= 0.3 is 0 Å². The predicted molar refractivity (Wildman–Crippen MR) is 111 cm³/mol. The van der Waals surface area contributed by atoms with Crippen LogP contribution in [0.3, 0.4) is 0 Å². The molecule has 2 aromatic carbocycles. The first kappa shape index (κ1) is 18.7. The third kappa shape index (κ3) is 4.11. The van der Waals surface area contributed by atoms with Crippen LogP contribution in [0.5, 0.6) is 11.5 Å². The van der Waals surface area contributed by atoms with Gasteiger partial charge in [-0.25, -0.2) is 0 Å². The van der Waals surface area contributed by atoms with Gasteiger partial charge in [0.2, 0.25) is 0 Å². The van der Waals surface area contributed by atoms with E-state index in [4.69, 9.17) is 44.9 Å². The van der Waals surface area contributed by atoms with Crippen molar-refractivity contribution in [3.8, 4) is 17.2 Å². The molecule has 0 spiro atoms. The quantitative estimate of drug-likeness (QED) is 0.536. The second kappa shape index (κ2) is 8.14. The molecular formula is C18H15Cl2N3O2S2. The topological polar surface area (TPSA) is 52.1 Å². The molecule has 0 unspecified atom stereocenters. The van der Waals surface area contributed by atoms with Crippen molar-refractivity contribution in [1.82, 2.24) is 14.8 Å². The van der Waals surface area contributed by atoms with Crippen LogP contribution in [0.25, 0.3) is 5.69 Å². The number of aromatic amines is 1. The van der Waals surface area contributed by atoms with Crippen LogP contribution in [0.2, 0.25) is 10.0 Å². The van der Waals surface area contributed by atoms with Gasteiger partial charge in [-0.3, -0.25) is 9.67 Å². The molecule has 27 heavy (non-hydrogen) atoms. The minimum absolute atomic E-state index is 0.534. The van der Waals surface area contributed by atoms with Gasteiger partial charge in [0, 0.05) is 21.9 Å². The van der Waals surface area contributed by atoms with Gasteiger partial charge in [0.25, 0.3) is 0 Å². The van der Waals surface area contributed by atoms with E-state index >= 15 is 0 Å². The highest BCUT2D eigenvalue weighted by molar-refractivity contribution is 7.97. The van der Waals surface area contributed by atoms with E-state index in [1.807, 2.05) is 34.9 Å². The number of nitrogens with one attached hydrogen (secondary N) is 1. The number of benzene rings is 2. The summed E-state index contributed by atoms with van der Waals surface area (Å²) in [4.78, 5) is 0. The van der Waals surface area contributed by atoms with Crippen molar-refractivity contribution in [3.63, 3.8) is 0 Å². The summed E-state index contributed by atoms with van der Waals surface area (Å²) in [5.74, 6) is 3.70. The summed E-state index contributed by atoms with van der Waals surface area (Å²) < 4.78 is 13.7. The number of nitrogens with zero attached hydrogens (tertiary/aromatic N) is 2. The first-order valence-corrected chi connectivity index (χ1v) is 10.5. The average Bonchev–Trinajstić information content (AvgIpc) is 3.03. The zero-order chi connectivity index (χ0) is 18.8. The number of thioether (sulfide) groups is 1. The Hall–Kier alpha value is -1.67. The van der Waals surface area contributed by atoms with Gasteiger partial charge in [-0.1, -0.05) is 29.3 Å². The molecule has 1 aromatic heterocycles. The average molecular weight is 440 g/mol. The van der Waals surface area contributed by atoms with Crippen LogP contribution in [0.1, 0.15) is 11.4 Å². The summed E-state index contributed by atoms with van der Waals surface area (Å²) in [7, 11) is 0. The summed E-state index contributed by atoms with van der Waals surface area (Å²) in [5.41, 5.74) is 1.92. The number of H-pyrrole nitrogens is 1. The first-order chi connectivity index (χ1) is 13.1. The summed E-state index contributed by atoms with van der Waals surface area (Å²) >= 11 is 19.3. The van der Waals surface area contributed by atoms with E-state index in [1.54, 1.807) is 17.8 Å². The maximum Gasteiger partial charge on any atom is 0.199 e. The third-order valence-electron chi connectivity index (χ3n) is 4.03. The number of hydrogen-bond acceptors (Lipinski definition) is 5. The highest BCUT2D eigenvalue weighted by Gasteiger charge is 2.15. The van der Waals surface area contributed by atoms with Gasteiger partial charge in [0.15, 0.2) is 16.3 Å². The lowest BCUT2D eigenvalue weighted by molar-refractivity contribution is 0.171. The predicted octanol–water partition coefficient (Wildman–Crippen LogP) is 5.44. The molecule has 0 saturated heterocycles. The van der Waals surface area contributed by atoms with Crippen LogP contribution in [0, 0.1) is 4.77 Å². The number of rotatable bonds is 5. The summed E-state index contributed by atoms with van der Waals surface area (Å²) in [5, 5.41) is 8.54. The Labute approximate surface area is 175 Å². The van der Waals surface area contributed by atoms with Crippen molar-refractivity contribution < 1.29 is 9.47 Å². The lowest BCUT2D eigenvalue weighted by Gasteiger charge is -2.19. The number of hydrogen-bond donors (Lipinski definition) is 1. The maximum atomic E-state index is 6.24. The Morgan fingerprint density at radius 2 is 1.89 bits per heavy atom. The van der Waals surface area contributed by atoms with E-state index in [1.165, 1.54) is 0 Å². The fourth-order valence-corrected chi connectivity index (χ4v) is 4.52. The Balaban J connectivity index is 1.53. The smallest absolute Gasteiger partial charge is 0.199 e. The van der Waals surface area contributed by atoms with E-state index in [-0.39, 0.29) is 0 Å². The summed E-state index contributed by atoms with van der Waals surface area (Å²) in [6, 6.07) is 11.3. The van der Waals surface area contributed by atoms with Crippen molar-refractivity contribution in [3.05, 3.63) is 62.6 Å². The molecule has 0 amide bonds. The number of fused-ring (bicyclic) bond motifs is 1. The van der Waals surface area contributed by atoms with Crippen LogP contribution in [0.4, 0.5) is 0 Å². The molecule has 3 aromatic rings. The van der Waals surface area contributed by atoms with Crippen molar-refractivity contribution in [2.45, 2.75) is 11.5 Å². The third-order valence-corrected chi connectivity index (χ3v) is 5.87. The highest BCUT2D eigenvalue weighted by atomic mass is 35.5. The van der Waals surface area contributed by atoms with Crippen molar-refractivity contribution in [2.24, 2.45) is 0 Å². The first-order valence-electron chi connectivity index (χ1n) is 8.20. The van der Waals surface area contributed by atoms with Gasteiger partial charge in [0.1, 0.15) is 19.0 Å². The van der Waals surface area contributed by atoms with Gasteiger partial charge in [0.05, 0.1) is 11.4 Å². The monoisotopic (exact) mass is 439 g/mol. The Kier molecular flexibility index (Phi) is 5.63. The molecule has 0 fully saturated rings. The number of ether oxygens (including phenoxy) is 2. The summed E-state index contributed by atoms with van der Waals surface area (Å²) in [6.07, 6.45) is 0. The number of aromatic nitrogens is 3. The van der Waals surface area contributed by atoms with Gasteiger partial charge in [-0.15, -0.1) is 11.8 Å². The van der Waals surface area contributed by atoms with E-state index in [0.717, 1.165) is 28.6 Å². The standard InChI is InChI=1S/C18H15Cl2N3O2S2/c19-12-2-1-11(14(20)7-12)9-27-10-17-21-22-18(26)23(17)13-3-4-15-16(8-13)25-6-5-24-15/h1-4,7-8H,5-6,9-10H2,(H,22,26). The fraction of sp³-hybridized carbons (Fsp3) is 0.222. The molecule has 0 radical (unpaired) electrons. The molecule has 4 rings (SSSR count). The van der Waals surface area contributed by atoms with Crippen LogP contribution >= 0.6 is 47.2 Å². The zero-order valence-corrected chi connectivity index (χ0v) is 17.2. The van der Waals surface area contributed by atoms with Crippen LogP contribution < -0.4 is 9.47 Å². The molecule has 0 bridgehead atoms. The minimum atomic E-state index is 0.534. The molecular weight excluding hydrogens is 425 g/mol. The van der Waals surface area contributed by atoms with E-state index in [0.29, 0.717) is 39.5 Å². The molecule has 1 aliphatic heterocycles. The van der Waals surface area contributed by atoms with Gasteiger partial charge in [-0.05, 0) is 42.0 Å². The van der Waals surface area contributed by atoms with Crippen molar-refractivity contribution >= 4 is 47.2 Å². The fourth-order valence-electron chi connectivity index (χ4n) is 2.75. The molecule has 1 N–H and O–H groups in total. The van der Waals surface area contributed by atoms with Crippen LogP contribution in [0.15, 0.2) is 36.4 Å². The van der Waals surface area contributed by atoms with Crippen LogP contribution in [-0.4, -0.2) is 28.0 Å². The molecule has 0 aliphatic carbocycles. The van der Waals surface area contributed by atoms with E-state index in [9.17, 15) is 0 Å². The van der Waals surface area contributed by atoms with E-state index < -0.39 is 0 Å². The lowest BCUT2D eigenvalue weighted by atomic mass is 10.2. The Morgan fingerprint density at radius 3 is 2.70 bits per heavy atom.